The van der Waals surface area contributed by atoms with E-state index in [-0.39, 0.29) is 0 Å². The lowest BCUT2D eigenvalue weighted by atomic mass is 10.1. The van der Waals surface area contributed by atoms with E-state index < -0.39 is 8.07 Å². The number of hydrogen-bond donors (Lipinski definition) is 0. The fourth-order valence-electron chi connectivity index (χ4n) is 8.88. The van der Waals surface area contributed by atoms with Crippen LogP contribution in [-0.2, 0) is 0 Å². The summed E-state index contributed by atoms with van der Waals surface area (Å²) in [6.07, 6.45) is 1.90. The van der Waals surface area contributed by atoms with E-state index in [0.29, 0.717) is 0 Å². The zero-order valence-electron chi connectivity index (χ0n) is 29.0. The van der Waals surface area contributed by atoms with Crippen molar-refractivity contribution in [2.24, 2.45) is 0 Å². The summed E-state index contributed by atoms with van der Waals surface area (Å²) in [5.74, 6) is 0. The Morgan fingerprint density at radius 3 is 1.85 bits per heavy atom. The molecule has 4 aromatic heterocycles. The van der Waals surface area contributed by atoms with Crippen LogP contribution in [0.15, 0.2) is 180 Å². The van der Waals surface area contributed by atoms with Gasteiger partial charge in [-0.05, 0) is 57.5 Å². The molecular weight excluding hydrogens is 681 g/mol. The zero-order valence-corrected chi connectivity index (χ0v) is 30.8. The Morgan fingerprint density at radius 2 is 1.08 bits per heavy atom. The normalized spacial score (nSPS) is 12.2. The minimum Gasteiger partial charge on any atom is -0.456 e. The summed E-state index contributed by atoms with van der Waals surface area (Å²) in [7, 11) is -3.05. The lowest BCUT2D eigenvalue weighted by Gasteiger charge is -2.34. The van der Waals surface area contributed by atoms with E-state index in [1.165, 1.54) is 46.3 Å². The smallest absolute Gasteiger partial charge is 0.185 e. The molecule has 250 valence electrons. The van der Waals surface area contributed by atoms with E-state index in [1.807, 2.05) is 23.6 Å². The van der Waals surface area contributed by atoms with Gasteiger partial charge in [0, 0.05) is 43.2 Å². The van der Waals surface area contributed by atoms with E-state index in [2.05, 4.69) is 175 Å². The molecule has 0 bridgehead atoms. The number of pyridine rings is 1. The summed E-state index contributed by atoms with van der Waals surface area (Å²) in [5.41, 5.74) is 6.38. The van der Waals surface area contributed by atoms with Gasteiger partial charge < -0.3 is 4.42 Å². The van der Waals surface area contributed by atoms with Crippen molar-refractivity contribution in [2.45, 2.75) is 6.92 Å². The number of benzene rings is 7. The van der Waals surface area contributed by atoms with Crippen LogP contribution in [0.3, 0.4) is 0 Å². The minimum atomic E-state index is -3.05. The topological polar surface area (TPSA) is 31.0 Å². The molecule has 0 unspecified atom stereocenters. The Balaban J connectivity index is 1.30. The Bertz CT molecular complexity index is 3100. The monoisotopic (exact) mass is 712 g/mol. The highest BCUT2D eigenvalue weighted by Crippen LogP contribution is 2.41. The second-order valence-corrected chi connectivity index (χ2v) is 18.6. The van der Waals surface area contributed by atoms with Crippen molar-refractivity contribution >= 4 is 104 Å². The molecule has 11 aromatic rings. The van der Waals surface area contributed by atoms with Crippen molar-refractivity contribution in [2.75, 3.05) is 0 Å². The number of nitrogens with zero attached hydrogens (tertiary/aromatic N) is 2. The first-order valence-corrected chi connectivity index (χ1v) is 20.9. The summed E-state index contributed by atoms with van der Waals surface area (Å²) in [6, 6.07) is 62.3. The first-order chi connectivity index (χ1) is 26.2. The molecule has 3 nitrogen and oxygen atoms in total. The molecule has 0 radical (unpaired) electrons. The maximum atomic E-state index is 7.03. The van der Waals surface area contributed by atoms with Gasteiger partial charge in [-0.3, -0.25) is 4.57 Å². The standard InChI is InChI=1S/C48H32N2OSSi/c1-31-15-10-21-35-36-22-12-28-42(45(36)51-44(31)35)53(32-16-4-2-5-17-32,33-18-6-3-7-19-33)43-29-13-24-38-37-23-11-27-41(46(37)52-47(38)43)50-40-26-9-8-20-34(40)39-25-14-30-49-48(39)50/h2-30H,1H3. The maximum Gasteiger partial charge on any atom is 0.185 e. The third-order valence-corrected chi connectivity index (χ3v) is 17.4. The van der Waals surface area contributed by atoms with Gasteiger partial charge >= 0.3 is 0 Å². The molecular formula is C48H32N2OSSi. The molecule has 53 heavy (non-hydrogen) atoms. The number of thiophene rings is 1. The van der Waals surface area contributed by atoms with Crippen molar-refractivity contribution in [1.29, 1.82) is 0 Å². The fourth-order valence-corrected chi connectivity index (χ4v) is 15.7. The SMILES string of the molecule is Cc1cccc2c1oc1c([Si](c3ccccc3)(c3ccccc3)c3cccc4c3sc3c(-n5c6ccccc6c6cccnc65)cccc34)cccc12. The maximum absolute atomic E-state index is 7.03. The molecule has 0 fully saturated rings. The summed E-state index contributed by atoms with van der Waals surface area (Å²) in [6.45, 7) is 2.14. The lowest BCUT2D eigenvalue weighted by molar-refractivity contribution is 0.668. The molecule has 4 heterocycles. The first-order valence-electron chi connectivity index (χ1n) is 18.0. The highest BCUT2D eigenvalue weighted by Gasteiger charge is 2.45. The van der Waals surface area contributed by atoms with Gasteiger partial charge in [0.05, 0.1) is 15.9 Å². The van der Waals surface area contributed by atoms with Crippen LogP contribution < -0.4 is 20.7 Å². The average molecular weight is 713 g/mol. The second-order valence-electron chi connectivity index (χ2n) is 13.9. The Labute approximate surface area is 311 Å². The average Bonchev–Trinajstić information content (AvgIpc) is 3.90. The van der Waals surface area contributed by atoms with Gasteiger partial charge in [-0.25, -0.2) is 4.98 Å². The molecule has 0 atom stereocenters. The Kier molecular flexibility index (Phi) is 6.66. The van der Waals surface area contributed by atoms with Crippen LogP contribution in [0.2, 0.25) is 0 Å². The van der Waals surface area contributed by atoms with E-state index in [9.17, 15) is 0 Å². The summed E-state index contributed by atoms with van der Waals surface area (Å²) in [5, 5.41) is 12.5. The minimum absolute atomic E-state index is 0.962. The summed E-state index contributed by atoms with van der Waals surface area (Å²) < 4.78 is 12.0. The van der Waals surface area contributed by atoms with Crippen LogP contribution in [0.25, 0.3) is 69.7 Å². The quantitative estimate of drug-likeness (QED) is 0.131. The number of hydrogen-bond acceptors (Lipinski definition) is 3. The molecule has 0 saturated carbocycles. The van der Waals surface area contributed by atoms with E-state index in [1.54, 1.807) is 0 Å². The van der Waals surface area contributed by atoms with E-state index in [4.69, 9.17) is 9.40 Å². The molecule has 0 saturated heterocycles. The van der Waals surface area contributed by atoms with Crippen molar-refractivity contribution in [3.63, 3.8) is 0 Å². The van der Waals surface area contributed by atoms with Gasteiger partial charge in [-0.15, -0.1) is 11.3 Å². The number of rotatable bonds is 5. The second kappa shape index (κ2) is 11.6. The number of aryl methyl sites for hydroxylation is 1. The molecule has 0 aliphatic rings. The van der Waals surface area contributed by atoms with Crippen LogP contribution in [-0.4, -0.2) is 17.6 Å². The summed E-state index contributed by atoms with van der Waals surface area (Å²) in [4.78, 5) is 4.95. The number of fused-ring (bicyclic) bond motifs is 9. The Hall–Kier alpha value is -6.27. The number of para-hydroxylation sites is 3. The van der Waals surface area contributed by atoms with Gasteiger partial charge in [0.15, 0.2) is 8.07 Å². The molecule has 0 spiro atoms. The van der Waals surface area contributed by atoms with Crippen molar-refractivity contribution < 1.29 is 4.42 Å². The van der Waals surface area contributed by atoms with E-state index >= 15 is 0 Å². The number of aromatic nitrogens is 2. The largest absolute Gasteiger partial charge is 0.456 e. The van der Waals surface area contributed by atoms with Crippen LogP contribution in [0, 0.1) is 6.92 Å². The van der Waals surface area contributed by atoms with Crippen LogP contribution in [0.1, 0.15) is 5.56 Å². The number of furan rings is 1. The highest BCUT2D eigenvalue weighted by atomic mass is 32.1. The molecule has 0 N–H and O–H groups in total. The van der Waals surface area contributed by atoms with Gasteiger partial charge in [0.25, 0.3) is 0 Å². The third-order valence-electron chi connectivity index (χ3n) is 11.1. The zero-order chi connectivity index (χ0) is 35.1. The lowest BCUT2D eigenvalue weighted by Crippen LogP contribution is -2.74. The van der Waals surface area contributed by atoms with Crippen molar-refractivity contribution in [1.82, 2.24) is 9.55 Å². The highest BCUT2D eigenvalue weighted by molar-refractivity contribution is 7.31. The molecule has 7 aromatic carbocycles. The van der Waals surface area contributed by atoms with Crippen LogP contribution in [0.4, 0.5) is 0 Å². The van der Waals surface area contributed by atoms with Crippen LogP contribution >= 0.6 is 11.3 Å². The van der Waals surface area contributed by atoms with Crippen LogP contribution in [0.5, 0.6) is 0 Å². The first kappa shape index (κ1) is 30.4. The van der Waals surface area contributed by atoms with Crippen molar-refractivity contribution in [3.8, 4) is 5.69 Å². The fraction of sp³-hybridized carbons (Fsp3) is 0.0208. The molecule has 5 heteroatoms. The Morgan fingerprint density at radius 1 is 0.491 bits per heavy atom. The molecule has 0 amide bonds. The predicted molar refractivity (Wildman–Crippen MR) is 227 cm³/mol. The molecule has 0 aliphatic heterocycles. The third kappa shape index (κ3) is 4.23. The van der Waals surface area contributed by atoms with Gasteiger partial charge in [-0.2, -0.15) is 0 Å². The van der Waals surface area contributed by atoms with E-state index in [0.717, 1.165) is 49.7 Å². The van der Waals surface area contributed by atoms with Gasteiger partial charge in [0.2, 0.25) is 0 Å². The van der Waals surface area contributed by atoms with Gasteiger partial charge in [-0.1, -0.05) is 146 Å². The predicted octanol–water partition coefficient (Wildman–Crippen LogP) is 10.1. The summed E-state index contributed by atoms with van der Waals surface area (Å²) >= 11 is 1.91. The molecule has 11 rings (SSSR count). The van der Waals surface area contributed by atoms with Crippen molar-refractivity contribution in [3.05, 3.63) is 182 Å². The molecule has 0 aliphatic carbocycles. The van der Waals surface area contributed by atoms with Gasteiger partial charge in [0.1, 0.15) is 16.8 Å².